The monoisotopic (exact) mass is 479 g/mol. The van der Waals surface area contributed by atoms with Gasteiger partial charge in [-0.1, -0.05) is 84.3 Å². The van der Waals surface area contributed by atoms with E-state index in [1.165, 1.54) is 70.6 Å². The average Bonchev–Trinajstić information content (AvgIpc) is 2.79. The lowest BCUT2D eigenvalue weighted by molar-refractivity contribution is -0.116. The molecule has 0 aliphatic heterocycles. The fraction of sp³-hybridized carbons (Fsp3) is 0.731. The van der Waals surface area contributed by atoms with Gasteiger partial charge in [0.2, 0.25) is 5.91 Å². The Bertz CT molecular complexity index is 613. The molecule has 1 aromatic rings. The highest BCUT2D eigenvalue weighted by molar-refractivity contribution is 8.00. The van der Waals surface area contributed by atoms with Crippen molar-refractivity contribution in [2.24, 2.45) is 0 Å². The van der Waals surface area contributed by atoms with Crippen LogP contribution in [0.5, 0.6) is 0 Å². The number of rotatable bonds is 20. The highest BCUT2D eigenvalue weighted by Crippen LogP contribution is 2.32. The fourth-order valence-corrected chi connectivity index (χ4v) is 4.95. The van der Waals surface area contributed by atoms with Crippen molar-refractivity contribution in [1.29, 1.82) is 0 Å². The minimum Gasteiger partial charge on any atom is -0.322 e. The van der Waals surface area contributed by atoms with E-state index >= 15 is 0 Å². The normalized spacial score (nSPS) is 11.3. The molecule has 0 fully saturated rings. The molecule has 0 saturated heterocycles. The Labute approximate surface area is 205 Å². The van der Waals surface area contributed by atoms with E-state index in [1.54, 1.807) is 29.9 Å². The molecular formula is C26H45N3OS2. The smallest absolute Gasteiger partial charge is 0.224 e. The molecule has 0 radical (unpaired) electrons. The van der Waals surface area contributed by atoms with Crippen molar-refractivity contribution in [3.63, 3.8) is 0 Å². The second-order valence-corrected chi connectivity index (χ2v) is 10.6. The number of aromatic nitrogens is 2. The lowest BCUT2D eigenvalue weighted by Gasteiger charge is -2.12. The van der Waals surface area contributed by atoms with Crippen molar-refractivity contribution in [3.8, 4) is 0 Å². The Morgan fingerprint density at radius 1 is 0.781 bits per heavy atom. The summed E-state index contributed by atoms with van der Waals surface area (Å²) < 4.78 is 0. The Hall–Kier alpha value is -1.01. The summed E-state index contributed by atoms with van der Waals surface area (Å²) in [5, 5.41) is 4.83. The SMILES string of the molecule is CCCCCCCCC=CCCCCCCCC(=O)Nc1c(SCC)ncnc1SCC. The van der Waals surface area contributed by atoms with E-state index in [0.717, 1.165) is 40.1 Å². The standard InChI is InChI=1S/C26H45N3OS2/c1-4-7-8-9-10-11-12-13-14-15-16-17-18-19-20-21-23(30)29-24-25(31-5-2)27-22-28-26(24)32-6-3/h13-14,22H,4-12,15-21H2,1-3H3,(H,29,30). The summed E-state index contributed by atoms with van der Waals surface area (Å²) in [6.45, 7) is 6.46. The Morgan fingerprint density at radius 2 is 1.28 bits per heavy atom. The third kappa shape index (κ3) is 14.2. The molecule has 0 saturated carbocycles. The fourth-order valence-electron chi connectivity index (χ4n) is 3.51. The summed E-state index contributed by atoms with van der Waals surface area (Å²) in [4.78, 5) is 21.2. The second-order valence-electron chi connectivity index (χ2n) is 8.11. The molecule has 6 heteroatoms. The molecule has 1 aromatic heterocycles. The largest absolute Gasteiger partial charge is 0.322 e. The topological polar surface area (TPSA) is 54.9 Å². The number of allylic oxidation sites excluding steroid dienone is 2. The van der Waals surface area contributed by atoms with Crippen LogP contribution in [0.2, 0.25) is 0 Å². The van der Waals surface area contributed by atoms with E-state index in [4.69, 9.17) is 0 Å². The molecule has 0 aliphatic carbocycles. The van der Waals surface area contributed by atoms with E-state index in [-0.39, 0.29) is 5.91 Å². The predicted octanol–water partition coefficient (Wildman–Crippen LogP) is 8.68. The first kappa shape index (κ1) is 29.0. The van der Waals surface area contributed by atoms with Crippen LogP contribution in [0.15, 0.2) is 28.5 Å². The number of amides is 1. The van der Waals surface area contributed by atoms with Gasteiger partial charge in [0.1, 0.15) is 22.1 Å². The van der Waals surface area contributed by atoms with Gasteiger partial charge in [0.05, 0.1) is 0 Å². The lowest BCUT2D eigenvalue weighted by atomic mass is 10.1. The van der Waals surface area contributed by atoms with Gasteiger partial charge in [-0.25, -0.2) is 9.97 Å². The maximum atomic E-state index is 12.5. The van der Waals surface area contributed by atoms with Crippen LogP contribution in [0.3, 0.4) is 0 Å². The van der Waals surface area contributed by atoms with Gasteiger partial charge in [0.15, 0.2) is 0 Å². The summed E-state index contributed by atoms with van der Waals surface area (Å²) in [7, 11) is 0. The van der Waals surface area contributed by atoms with Crippen molar-refractivity contribution in [3.05, 3.63) is 18.5 Å². The third-order valence-electron chi connectivity index (χ3n) is 5.27. The lowest BCUT2D eigenvalue weighted by Crippen LogP contribution is -2.14. The summed E-state index contributed by atoms with van der Waals surface area (Å²) in [5.41, 5.74) is 0.795. The van der Waals surface area contributed by atoms with Crippen LogP contribution < -0.4 is 5.32 Å². The van der Waals surface area contributed by atoms with E-state index < -0.39 is 0 Å². The first-order chi connectivity index (χ1) is 15.7. The van der Waals surface area contributed by atoms with E-state index in [9.17, 15) is 4.79 Å². The van der Waals surface area contributed by atoms with Crippen LogP contribution in [-0.4, -0.2) is 27.4 Å². The third-order valence-corrected chi connectivity index (χ3v) is 7.01. The summed E-state index contributed by atoms with van der Waals surface area (Å²) in [6.07, 6.45) is 23.4. The highest BCUT2D eigenvalue weighted by Gasteiger charge is 2.14. The Kier molecular flexibility index (Phi) is 18.7. The molecule has 0 aliphatic rings. The zero-order chi connectivity index (χ0) is 23.3. The molecule has 0 atom stereocenters. The van der Waals surface area contributed by atoms with E-state index in [2.05, 4.69) is 48.2 Å². The highest BCUT2D eigenvalue weighted by atomic mass is 32.2. The second kappa shape index (κ2) is 20.6. The molecule has 1 rings (SSSR count). The maximum absolute atomic E-state index is 12.5. The van der Waals surface area contributed by atoms with Crippen molar-refractivity contribution in [1.82, 2.24) is 9.97 Å². The summed E-state index contributed by atoms with van der Waals surface area (Å²) >= 11 is 3.30. The van der Waals surface area contributed by atoms with Crippen molar-refractivity contribution < 1.29 is 4.79 Å². The Morgan fingerprint density at radius 3 is 1.81 bits per heavy atom. The molecule has 1 amide bonds. The molecule has 1 N–H and O–H groups in total. The number of nitrogens with one attached hydrogen (secondary N) is 1. The van der Waals surface area contributed by atoms with Crippen molar-refractivity contribution in [2.45, 2.75) is 121 Å². The van der Waals surface area contributed by atoms with Gasteiger partial charge >= 0.3 is 0 Å². The molecule has 0 bridgehead atoms. The predicted molar refractivity (Wildman–Crippen MR) is 143 cm³/mol. The Balaban J connectivity index is 2.12. The number of carbonyl (C=O) groups is 1. The van der Waals surface area contributed by atoms with Gasteiger partial charge in [-0.2, -0.15) is 0 Å². The molecule has 0 aromatic carbocycles. The van der Waals surface area contributed by atoms with E-state index in [1.807, 2.05) is 0 Å². The van der Waals surface area contributed by atoms with Crippen LogP contribution in [0.4, 0.5) is 5.69 Å². The van der Waals surface area contributed by atoms with Crippen LogP contribution >= 0.6 is 23.5 Å². The average molecular weight is 480 g/mol. The zero-order valence-electron chi connectivity index (χ0n) is 20.7. The maximum Gasteiger partial charge on any atom is 0.224 e. The van der Waals surface area contributed by atoms with Crippen LogP contribution in [0.1, 0.15) is 111 Å². The van der Waals surface area contributed by atoms with Gasteiger partial charge in [0.25, 0.3) is 0 Å². The minimum atomic E-state index is 0.0772. The van der Waals surface area contributed by atoms with Gasteiger partial charge in [-0.15, -0.1) is 23.5 Å². The van der Waals surface area contributed by atoms with Crippen molar-refractivity contribution >= 4 is 35.1 Å². The van der Waals surface area contributed by atoms with Gasteiger partial charge < -0.3 is 5.32 Å². The molecular weight excluding hydrogens is 434 g/mol. The summed E-state index contributed by atoms with van der Waals surface area (Å²) in [6, 6.07) is 0. The first-order valence-electron chi connectivity index (χ1n) is 12.8. The van der Waals surface area contributed by atoms with Crippen LogP contribution in [0, 0.1) is 0 Å². The number of carbonyl (C=O) groups excluding carboxylic acids is 1. The summed E-state index contributed by atoms with van der Waals surface area (Å²) in [5.74, 6) is 1.92. The molecule has 0 spiro atoms. The number of hydrogen-bond donors (Lipinski definition) is 1. The number of anilines is 1. The minimum absolute atomic E-state index is 0.0772. The van der Waals surface area contributed by atoms with Crippen molar-refractivity contribution in [2.75, 3.05) is 16.8 Å². The number of nitrogens with zero attached hydrogens (tertiary/aromatic N) is 2. The van der Waals surface area contributed by atoms with Gasteiger partial charge in [-0.3, -0.25) is 4.79 Å². The molecule has 4 nitrogen and oxygen atoms in total. The van der Waals surface area contributed by atoms with Gasteiger partial charge in [-0.05, 0) is 43.6 Å². The number of hydrogen-bond acceptors (Lipinski definition) is 5. The van der Waals surface area contributed by atoms with Gasteiger partial charge in [0, 0.05) is 6.42 Å². The number of unbranched alkanes of at least 4 members (excludes halogenated alkanes) is 11. The number of thioether (sulfide) groups is 2. The molecule has 182 valence electrons. The first-order valence-corrected chi connectivity index (χ1v) is 14.7. The van der Waals surface area contributed by atoms with Crippen LogP contribution in [-0.2, 0) is 4.79 Å². The van der Waals surface area contributed by atoms with Crippen LogP contribution in [0.25, 0.3) is 0 Å². The molecule has 0 unspecified atom stereocenters. The molecule has 32 heavy (non-hydrogen) atoms. The van der Waals surface area contributed by atoms with E-state index in [0.29, 0.717) is 6.42 Å². The molecule has 1 heterocycles. The quantitative estimate of drug-likeness (QED) is 0.0877. The zero-order valence-corrected chi connectivity index (χ0v) is 22.3.